The normalized spacial score (nSPS) is 13.0. The van der Waals surface area contributed by atoms with Crippen molar-refractivity contribution in [2.24, 2.45) is 7.05 Å². The Hall–Kier alpha value is -0.940. The van der Waals surface area contributed by atoms with Crippen molar-refractivity contribution in [2.75, 3.05) is 20.3 Å². The van der Waals surface area contributed by atoms with Crippen molar-refractivity contribution in [1.29, 1.82) is 0 Å². The van der Waals surface area contributed by atoms with Gasteiger partial charge in [-0.25, -0.2) is 0 Å². The zero-order chi connectivity index (χ0) is 11.1. The van der Waals surface area contributed by atoms with Crippen LogP contribution in [-0.4, -0.2) is 41.3 Å². The van der Waals surface area contributed by atoms with E-state index in [4.69, 9.17) is 4.74 Å². The lowest BCUT2D eigenvalue weighted by molar-refractivity contribution is 0.113. The first kappa shape index (κ1) is 12.1. The van der Waals surface area contributed by atoms with E-state index in [1.54, 1.807) is 4.68 Å². The van der Waals surface area contributed by atoms with Gasteiger partial charge in [0.15, 0.2) is 0 Å². The van der Waals surface area contributed by atoms with E-state index < -0.39 is 0 Å². The molecule has 0 aliphatic heterocycles. The first-order valence-corrected chi connectivity index (χ1v) is 5.36. The summed E-state index contributed by atoms with van der Waals surface area (Å²) in [5, 5.41) is 11.2. The van der Waals surface area contributed by atoms with E-state index in [0.29, 0.717) is 6.04 Å². The van der Waals surface area contributed by atoms with Crippen LogP contribution in [0, 0.1) is 0 Å². The number of aromatic nitrogens is 3. The van der Waals surface area contributed by atoms with Gasteiger partial charge in [0.05, 0.1) is 12.3 Å². The van der Waals surface area contributed by atoms with Gasteiger partial charge < -0.3 is 10.1 Å². The lowest BCUT2D eigenvalue weighted by Crippen LogP contribution is -2.32. The third-order valence-corrected chi connectivity index (χ3v) is 2.18. The molecule has 0 amide bonds. The highest BCUT2D eigenvalue weighted by molar-refractivity contribution is 4.95. The van der Waals surface area contributed by atoms with E-state index in [2.05, 4.69) is 22.6 Å². The van der Waals surface area contributed by atoms with E-state index in [0.717, 1.165) is 31.7 Å². The van der Waals surface area contributed by atoms with Gasteiger partial charge in [-0.2, -0.15) is 0 Å². The third kappa shape index (κ3) is 4.40. The summed E-state index contributed by atoms with van der Waals surface area (Å²) in [7, 11) is 3.81. The molecule has 1 unspecified atom stereocenters. The summed E-state index contributed by atoms with van der Waals surface area (Å²) in [6, 6.07) is 0.313. The van der Waals surface area contributed by atoms with E-state index in [9.17, 15) is 0 Å². The Bertz CT molecular complexity index is 274. The minimum absolute atomic E-state index is 0.313. The van der Waals surface area contributed by atoms with Crippen LogP contribution in [0.15, 0.2) is 6.20 Å². The summed E-state index contributed by atoms with van der Waals surface area (Å²) in [4.78, 5) is 0. The molecule has 5 heteroatoms. The molecule has 1 aromatic rings. The van der Waals surface area contributed by atoms with E-state index in [-0.39, 0.29) is 0 Å². The van der Waals surface area contributed by atoms with Crippen LogP contribution in [0.4, 0.5) is 0 Å². The molecule has 0 spiro atoms. The van der Waals surface area contributed by atoms with Crippen LogP contribution >= 0.6 is 0 Å². The van der Waals surface area contributed by atoms with Gasteiger partial charge in [-0.1, -0.05) is 12.1 Å². The standard InChI is InChI=1S/C10H20N4O/c1-4-5-15-8-10(11-2)6-9-7-14(3)13-12-9/h7,10-11H,4-6,8H2,1-3H3. The molecule has 1 heterocycles. The van der Waals surface area contributed by atoms with Crippen LogP contribution in [0.25, 0.3) is 0 Å². The number of nitrogens with zero attached hydrogens (tertiary/aromatic N) is 3. The minimum atomic E-state index is 0.313. The first-order valence-electron chi connectivity index (χ1n) is 5.36. The summed E-state index contributed by atoms with van der Waals surface area (Å²) in [6.07, 6.45) is 3.85. The van der Waals surface area contributed by atoms with Crippen molar-refractivity contribution in [3.8, 4) is 0 Å². The molecule has 1 N–H and O–H groups in total. The maximum Gasteiger partial charge on any atom is 0.0843 e. The molecular weight excluding hydrogens is 192 g/mol. The van der Waals surface area contributed by atoms with Crippen LogP contribution < -0.4 is 5.32 Å². The molecule has 0 saturated carbocycles. The molecule has 0 fully saturated rings. The summed E-state index contributed by atoms with van der Waals surface area (Å²) in [5.41, 5.74) is 0.997. The number of ether oxygens (including phenoxy) is 1. The minimum Gasteiger partial charge on any atom is -0.380 e. The second-order valence-electron chi connectivity index (χ2n) is 3.65. The predicted octanol–water partition coefficient (Wildman–Crippen LogP) is 0.372. The highest BCUT2D eigenvalue weighted by atomic mass is 16.5. The van der Waals surface area contributed by atoms with E-state index in [1.165, 1.54) is 0 Å². The molecule has 1 aromatic heterocycles. The maximum absolute atomic E-state index is 5.50. The van der Waals surface area contributed by atoms with Gasteiger partial charge in [-0.3, -0.25) is 4.68 Å². The van der Waals surface area contributed by atoms with Crippen molar-refractivity contribution in [2.45, 2.75) is 25.8 Å². The van der Waals surface area contributed by atoms with Crippen molar-refractivity contribution >= 4 is 0 Å². The average Bonchev–Trinajstić information content (AvgIpc) is 2.63. The smallest absolute Gasteiger partial charge is 0.0843 e. The molecule has 1 rings (SSSR count). The molecule has 15 heavy (non-hydrogen) atoms. The molecule has 0 aromatic carbocycles. The van der Waals surface area contributed by atoms with Gasteiger partial charge in [-0.15, -0.1) is 5.10 Å². The lowest BCUT2D eigenvalue weighted by atomic mass is 10.2. The number of rotatable bonds is 7. The van der Waals surface area contributed by atoms with Crippen molar-refractivity contribution < 1.29 is 4.74 Å². The molecule has 86 valence electrons. The second-order valence-corrected chi connectivity index (χ2v) is 3.65. The molecule has 0 aliphatic rings. The summed E-state index contributed by atoms with van der Waals surface area (Å²) < 4.78 is 7.21. The Kier molecular flexibility index (Phi) is 5.28. The van der Waals surface area contributed by atoms with Gasteiger partial charge in [0, 0.05) is 32.3 Å². The summed E-state index contributed by atoms with van der Waals surface area (Å²) in [5.74, 6) is 0. The fraction of sp³-hybridized carbons (Fsp3) is 0.800. The van der Waals surface area contributed by atoms with Crippen molar-refractivity contribution in [3.63, 3.8) is 0 Å². The largest absolute Gasteiger partial charge is 0.380 e. The van der Waals surface area contributed by atoms with Crippen LogP contribution in [-0.2, 0) is 18.2 Å². The fourth-order valence-electron chi connectivity index (χ4n) is 1.36. The van der Waals surface area contributed by atoms with Crippen LogP contribution in [0.2, 0.25) is 0 Å². The quantitative estimate of drug-likeness (QED) is 0.664. The van der Waals surface area contributed by atoms with E-state index >= 15 is 0 Å². The van der Waals surface area contributed by atoms with Gasteiger partial charge in [0.25, 0.3) is 0 Å². The molecule has 0 bridgehead atoms. The molecule has 0 saturated heterocycles. The van der Waals surface area contributed by atoms with Crippen LogP contribution in [0.1, 0.15) is 19.0 Å². The second kappa shape index (κ2) is 6.53. The van der Waals surface area contributed by atoms with Crippen LogP contribution in [0.5, 0.6) is 0 Å². The monoisotopic (exact) mass is 212 g/mol. The molecule has 5 nitrogen and oxygen atoms in total. The SMILES string of the molecule is CCCOCC(Cc1cn(C)nn1)NC. The van der Waals surface area contributed by atoms with E-state index in [1.807, 2.05) is 20.3 Å². The summed E-state index contributed by atoms with van der Waals surface area (Å²) in [6.45, 7) is 3.65. The Morgan fingerprint density at radius 2 is 2.40 bits per heavy atom. The highest BCUT2D eigenvalue weighted by Crippen LogP contribution is 1.99. The number of likely N-dealkylation sites (N-methyl/N-ethyl adjacent to an activating group) is 1. The molecular formula is C10H20N4O. The highest BCUT2D eigenvalue weighted by Gasteiger charge is 2.09. The zero-order valence-corrected chi connectivity index (χ0v) is 9.73. The average molecular weight is 212 g/mol. The molecule has 0 aliphatic carbocycles. The van der Waals surface area contributed by atoms with Gasteiger partial charge in [-0.05, 0) is 13.5 Å². The van der Waals surface area contributed by atoms with Crippen LogP contribution in [0.3, 0.4) is 0 Å². The summed E-state index contributed by atoms with van der Waals surface area (Å²) >= 11 is 0. The lowest BCUT2D eigenvalue weighted by Gasteiger charge is -2.14. The molecule has 1 atom stereocenters. The molecule has 0 radical (unpaired) electrons. The Morgan fingerprint density at radius 1 is 1.60 bits per heavy atom. The predicted molar refractivity (Wildman–Crippen MR) is 58.7 cm³/mol. The topological polar surface area (TPSA) is 52.0 Å². The zero-order valence-electron chi connectivity index (χ0n) is 9.73. The number of aryl methyl sites for hydroxylation is 1. The van der Waals surface area contributed by atoms with Crippen molar-refractivity contribution in [1.82, 2.24) is 20.3 Å². The van der Waals surface area contributed by atoms with Crippen molar-refractivity contribution in [3.05, 3.63) is 11.9 Å². The fourth-order valence-corrected chi connectivity index (χ4v) is 1.36. The van der Waals surface area contributed by atoms with Gasteiger partial charge in [0.2, 0.25) is 0 Å². The number of hydrogen-bond acceptors (Lipinski definition) is 4. The van der Waals surface area contributed by atoms with Gasteiger partial charge in [0.1, 0.15) is 0 Å². The Labute approximate surface area is 90.8 Å². The Balaban J connectivity index is 2.33. The third-order valence-electron chi connectivity index (χ3n) is 2.18. The number of hydrogen-bond donors (Lipinski definition) is 1. The Morgan fingerprint density at radius 3 is 2.93 bits per heavy atom. The first-order chi connectivity index (χ1) is 7.26. The van der Waals surface area contributed by atoms with Gasteiger partial charge >= 0.3 is 0 Å². The maximum atomic E-state index is 5.50. The number of nitrogens with one attached hydrogen (secondary N) is 1.